The van der Waals surface area contributed by atoms with Crippen molar-refractivity contribution in [1.29, 1.82) is 0 Å². The van der Waals surface area contributed by atoms with E-state index in [0.717, 1.165) is 22.8 Å². The van der Waals surface area contributed by atoms with Crippen molar-refractivity contribution in [2.24, 2.45) is 0 Å². The largest absolute Gasteiger partial charge is 0.418 e. The van der Waals surface area contributed by atoms with Gasteiger partial charge in [0.15, 0.2) is 0 Å². The molecule has 0 saturated heterocycles. The molecule has 0 fully saturated rings. The lowest BCUT2D eigenvalue weighted by Gasteiger charge is -2.21. The Balaban J connectivity index is 1.71. The van der Waals surface area contributed by atoms with E-state index in [2.05, 4.69) is 9.82 Å². The average Bonchev–Trinajstić information content (AvgIpc) is 3.21. The van der Waals surface area contributed by atoms with Gasteiger partial charge in [0.25, 0.3) is 0 Å². The van der Waals surface area contributed by atoms with Gasteiger partial charge >= 0.3 is 18.0 Å². The molecular formula is C30H30F6N4O3S. The number of nitrogens with one attached hydrogen (secondary N) is 1. The number of para-hydroxylation sites is 1. The molecule has 3 aromatic carbocycles. The number of alkyl halides is 6. The molecule has 0 saturated carbocycles. The minimum atomic E-state index is -4.81. The molecule has 0 aliphatic carbocycles. The molecule has 1 N–H and O–H groups in total. The van der Waals surface area contributed by atoms with E-state index in [1.807, 2.05) is 0 Å². The summed E-state index contributed by atoms with van der Waals surface area (Å²) in [6.07, 6.45) is -11.2. The zero-order valence-corrected chi connectivity index (χ0v) is 24.8. The first-order chi connectivity index (χ1) is 20.4. The zero-order valence-electron chi connectivity index (χ0n) is 24.0. The molecule has 236 valence electrons. The van der Waals surface area contributed by atoms with Crippen molar-refractivity contribution < 1.29 is 34.8 Å². The summed E-state index contributed by atoms with van der Waals surface area (Å²) in [5, 5.41) is 4.03. The van der Waals surface area contributed by atoms with Gasteiger partial charge in [-0.1, -0.05) is 54.6 Å². The summed E-state index contributed by atoms with van der Waals surface area (Å²) in [5.41, 5.74) is -1.90. The van der Waals surface area contributed by atoms with Gasteiger partial charge in [0.05, 0.1) is 22.7 Å². The summed E-state index contributed by atoms with van der Waals surface area (Å²) in [6.45, 7) is 4.95. The monoisotopic (exact) mass is 640 g/mol. The van der Waals surface area contributed by atoms with Crippen LogP contribution < -0.4 is 10.4 Å². The van der Waals surface area contributed by atoms with Crippen molar-refractivity contribution in [3.8, 4) is 16.8 Å². The summed E-state index contributed by atoms with van der Waals surface area (Å²) in [6, 6.07) is 17.1. The number of sulfonamides is 1. The number of aryl methyl sites for hydroxylation is 1. The third-order valence-corrected chi connectivity index (χ3v) is 8.28. The average molecular weight is 641 g/mol. The maximum atomic E-state index is 13.7. The van der Waals surface area contributed by atoms with Crippen LogP contribution in [0.3, 0.4) is 0 Å². The Morgan fingerprint density at radius 3 is 2.07 bits per heavy atom. The molecule has 0 amide bonds. The Labute approximate surface area is 250 Å². The summed E-state index contributed by atoms with van der Waals surface area (Å²) < 4.78 is 110. The predicted molar refractivity (Wildman–Crippen MR) is 153 cm³/mol. The smallest absolute Gasteiger partial charge is 0.274 e. The molecule has 0 bridgehead atoms. The molecule has 0 aliphatic rings. The van der Waals surface area contributed by atoms with Crippen molar-refractivity contribution in [2.75, 3.05) is 0 Å². The van der Waals surface area contributed by atoms with Crippen LogP contribution in [0.25, 0.3) is 16.8 Å². The van der Waals surface area contributed by atoms with Crippen LogP contribution in [0.4, 0.5) is 26.3 Å². The zero-order chi connectivity index (χ0) is 32.5. The summed E-state index contributed by atoms with van der Waals surface area (Å²) in [5.74, 6) is -0.106. The maximum Gasteiger partial charge on any atom is 0.418 e. The molecule has 0 spiro atoms. The first kappa shape index (κ1) is 33.0. The van der Waals surface area contributed by atoms with Crippen LogP contribution in [0.2, 0.25) is 0 Å². The molecule has 4 aromatic rings. The number of halogens is 6. The van der Waals surface area contributed by atoms with Crippen molar-refractivity contribution in [3.05, 3.63) is 100 Å². The quantitative estimate of drug-likeness (QED) is 0.206. The fourth-order valence-electron chi connectivity index (χ4n) is 4.65. The van der Waals surface area contributed by atoms with Crippen LogP contribution in [-0.2, 0) is 29.2 Å². The SMILES string of the molecule is CC(C)(C)NS(=O)(=O)c1ccccc1-c1ccc(Cn2c(CCCC(F)(F)F)nn(-c3ccccc3C(F)(F)F)c2=O)cc1. The maximum absolute atomic E-state index is 13.7. The number of hydrogen-bond donors (Lipinski definition) is 1. The number of benzene rings is 3. The van der Waals surface area contributed by atoms with Crippen LogP contribution >= 0.6 is 0 Å². The number of nitrogens with zero attached hydrogens (tertiary/aromatic N) is 3. The van der Waals surface area contributed by atoms with Crippen LogP contribution in [0.5, 0.6) is 0 Å². The molecule has 0 unspecified atom stereocenters. The molecule has 0 radical (unpaired) electrons. The lowest BCUT2D eigenvalue weighted by Crippen LogP contribution is -2.40. The highest BCUT2D eigenvalue weighted by Gasteiger charge is 2.35. The molecular weight excluding hydrogens is 610 g/mol. The second-order valence-corrected chi connectivity index (χ2v) is 12.9. The number of aromatic nitrogens is 3. The van der Waals surface area contributed by atoms with E-state index >= 15 is 0 Å². The van der Waals surface area contributed by atoms with E-state index < -0.39 is 57.7 Å². The van der Waals surface area contributed by atoms with Gasteiger partial charge < -0.3 is 0 Å². The van der Waals surface area contributed by atoms with Crippen LogP contribution in [0.15, 0.2) is 82.5 Å². The van der Waals surface area contributed by atoms with Crippen molar-refractivity contribution in [2.45, 2.75) is 69.4 Å². The van der Waals surface area contributed by atoms with Crippen LogP contribution in [0, 0.1) is 0 Å². The third-order valence-electron chi connectivity index (χ3n) is 6.46. The molecule has 1 heterocycles. The summed E-state index contributed by atoms with van der Waals surface area (Å²) >= 11 is 0. The van der Waals surface area contributed by atoms with Gasteiger partial charge in [-0.3, -0.25) is 4.57 Å². The summed E-state index contributed by atoms with van der Waals surface area (Å²) in [7, 11) is -3.89. The molecule has 0 aliphatic heterocycles. The molecule has 7 nitrogen and oxygen atoms in total. The molecule has 14 heteroatoms. The number of hydrogen-bond acceptors (Lipinski definition) is 4. The Bertz CT molecular complexity index is 1790. The van der Waals surface area contributed by atoms with Gasteiger partial charge in [-0.2, -0.15) is 31.0 Å². The van der Waals surface area contributed by atoms with Crippen molar-refractivity contribution in [3.63, 3.8) is 0 Å². The van der Waals surface area contributed by atoms with Gasteiger partial charge in [-0.25, -0.2) is 17.9 Å². The minimum Gasteiger partial charge on any atom is -0.274 e. The lowest BCUT2D eigenvalue weighted by molar-refractivity contribution is -0.137. The van der Waals surface area contributed by atoms with Gasteiger partial charge in [-0.05, 0) is 56.5 Å². The molecule has 44 heavy (non-hydrogen) atoms. The van der Waals surface area contributed by atoms with Crippen LogP contribution in [-0.4, -0.2) is 34.5 Å². The normalized spacial score (nSPS) is 12.9. The Morgan fingerprint density at radius 2 is 1.45 bits per heavy atom. The Morgan fingerprint density at radius 1 is 0.841 bits per heavy atom. The minimum absolute atomic E-state index is 0.0513. The third kappa shape index (κ3) is 7.97. The van der Waals surface area contributed by atoms with E-state index in [-0.39, 0.29) is 23.7 Å². The number of rotatable bonds is 9. The topological polar surface area (TPSA) is 86.0 Å². The van der Waals surface area contributed by atoms with E-state index in [9.17, 15) is 39.6 Å². The fourth-order valence-corrected chi connectivity index (χ4v) is 6.30. The Hall–Kier alpha value is -3.91. The highest BCUT2D eigenvalue weighted by atomic mass is 32.2. The standard InChI is InChI=1S/C30H30F6N4O3S/c1-28(2,3)38-44(42,43)25-12-7-4-9-22(25)21-16-14-20(15-17-21)19-39-26(13-8-18-29(31,32)33)37-40(27(39)41)24-11-6-5-10-23(24)30(34,35)36/h4-7,9-12,14-17,38H,8,13,18-19H2,1-3H3. The lowest BCUT2D eigenvalue weighted by atomic mass is 10.0. The van der Waals surface area contributed by atoms with E-state index in [4.69, 9.17) is 0 Å². The summed E-state index contributed by atoms with van der Waals surface area (Å²) in [4.78, 5) is 13.4. The van der Waals surface area contributed by atoms with Crippen LogP contribution in [0.1, 0.15) is 50.6 Å². The first-order valence-electron chi connectivity index (χ1n) is 13.5. The fraction of sp³-hybridized carbons (Fsp3) is 0.333. The van der Waals surface area contributed by atoms with Gasteiger partial charge in [0, 0.05) is 23.9 Å². The van der Waals surface area contributed by atoms with Gasteiger partial charge in [0.2, 0.25) is 10.0 Å². The van der Waals surface area contributed by atoms with Crippen molar-refractivity contribution >= 4 is 10.0 Å². The van der Waals surface area contributed by atoms with Gasteiger partial charge in [0.1, 0.15) is 5.82 Å². The highest BCUT2D eigenvalue weighted by Crippen LogP contribution is 2.33. The van der Waals surface area contributed by atoms with E-state index in [1.54, 1.807) is 63.2 Å². The van der Waals surface area contributed by atoms with E-state index in [1.165, 1.54) is 12.1 Å². The second kappa shape index (κ2) is 12.2. The highest BCUT2D eigenvalue weighted by molar-refractivity contribution is 7.89. The predicted octanol–water partition coefficient (Wildman–Crippen LogP) is 6.73. The molecule has 0 atom stereocenters. The molecule has 4 rings (SSSR count). The molecule has 1 aromatic heterocycles. The van der Waals surface area contributed by atoms with Crippen molar-refractivity contribution in [1.82, 2.24) is 19.1 Å². The first-order valence-corrected chi connectivity index (χ1v) is 15.0. The van der Waals surface area contributed by atoms with E-state index in [0.29, 0.717) is 21.4 Å². The second-order valence-electron chi connectivity index (χ2n) is 11.2. The van der Waals surface area contributed by atoms with Gasteiger partial charge in [-0.15, -0.1) is 5.10 Å². The Kier molecular flexibility index (Phi) is 9.17.